The minimum absolute atomic E-state index is 0.111. The summed E-state index contributed by atoms with van der Waals surface area (Å²) in [5, 5.41) is 10.8. The molecular formula is C29H20F3N3O3. The second-order valence-electron chi connectivity index (χ2n) is 9.10. The van der Waals surface area contributed by atoms with Crippen LogP contribution < -0.4 is 4.74 Å². The first kappa shape index (κ1) is 23.6. The molecule has 0 fully saturated rings. The number of nitrogens with zero attached hydrogens (tertiary/aromatic N) is 2. The average Bonchev–Trinajstić information content (AvgIpc) is 3.54. The minimum atomic E-state index is -1.11. The number of aliphatic carboxylic acids is 1. The number of aromatic amines is 1. The third-order valence-electron chi connectivity index (χ3n) is 6.78. The lowest BCUT2D eigenvalue weighted by Gasteiger charge is -2.15. The molecule has 3 aromatic carbocycles. The highest BCUT2D eigenvalue weighted by Crippen LogP contribution is 2.35. The number of aromatic nitrogens is 3. The SMILES string of the molecule is CC(c1cccc(CC(=O)O)c1F)c1cnc2c3cc(Oc4c(F)cc5[nH]ccc5c4F)ccc3ccn12. The van der Waals surface area contributed by atoms with Gasteiger partial charge in [0.1, 0.15) is 17.2 Å². The number of ether oxygens (including phenoxy) is 1. The number of carboxylic acid groups (broad SMARTS) is 1. The maximum absolute atomic E-state index is 15.2. The highest BCUT2D eigenvalue weighted by atomic mass is 19.1. The number of carboxylic acids is 1. The van der Waals surface area contributed by atoms with Gasteiger partial charge in [0, 0.05) is 47.0 Å². The summed E-state index contributed by atoms with van der Waals surface area (Å²) in [5.74, 6) is -4.02. The fourth-order valence-corrected chi connectivity index (χ4v) is 4.86. The monoisotopic (exact) mass is 515 g/mol. The molecule has 0 aliphatic carbocycles. The summed E-state index contributed by atoms with van der Waals surface area (Å²) in [4.78, 5) is 18.4. The lowest BCUT2D eigenvalue weighted by atomic mass is 9.94. The second-order valence-corrected chi connectivity index (χ2v) is 9.10. The van der Waals surface area contributed by atoms with E-state index in [4.69, 9.17) is 9.84 Å². The molecule has 6 aromatic rings. The Morgan fingerprint density at radius 2 is 1.92 bits per heavy atom. The van der Waals surface area contributed by atoms with E-state index in [0.717, 1.165) is 5.39 Å². The maximum atomic E-state index is 15.2. The Labute approximate surface area is 213 Å². The largest absolute Gasteiger partial charge is 0.481 e. The molecule has 1 unspecified atom stereocenters. The molecule has 2 N–H and O–H groups in total. The third kappa shape index (κ3) is 3.83. The van der Waals surface area contributed by atoms with Crippen LogP contribution in [0.2, 0.25) is 0 Å². The van der Waals surface area contributed by atoms with E-state index in [0.29, 0.717) is 27.8 Å². The summed E-state index contributed by atoms with van der Waals surface area (Å²) in [6, 6.07) is 14.3. The molecule has 0 aliphatic rings. The standard InChI is InChI=1S/C29H20F3N3O3/c1-15(19-4-2-3-17(26(19)31)11-25(36)37)24-14-34-29-21-12-18(6-5-16(21)8-10-35(24)29)38-28-22(30)13-23-20(27(28)32)7-9-33-23/h2-10,12-15,33H,11H2,1H3,(H,36,37). The van der Waals surface area contributed by atoms with Crippen molar-refractivity contribution in [3.8, 4) is 11.5 Å². The number of hydrogen-bond donors (Lipinski definition) is 2. The molecule has 6 nitrogen and oxygen atoms in total. The molecule has 9 heteroatoms. The van der Waals surface area contributed by atoms with Gasteiger partial charge in [0.05, 0.1) is 11.9 Å². The summed E-state index contributed by atoms with van der Waals surface area (Å²) in [5.41, 5.74) is 2.04. The van der Waals surface area contributed by atoms with Crippen LogP contribution in [0, 0.1) is 17.5 Å². The van der Waals surface area contributed by atoms with Crippen molar-refractivity contribution in [2.45, 2.75) is 19.3 Å². The van der Waals surface area contributed by atoms with Crippen LogP contribution in [-0.4, -0.2) is 25.4 Å². The Morgan fingerprint density at radius 3 is 2.74 bits per heavy atom. The fourth-order valence-electron chi connectivity index (χ4n) is 4.86. The van der Waals surface area contributed by atoms with Crippen molar-refractivity contribution in [3.05, 3.63) is 107 Å². The van der Waals surface area contributed by atoms with E-state index < -0.39 is 41.5 Å². The van der Waals surface area contributed by atoms with Crippen molar-refractivity contribution in [1.82, 2.24) is 14.4 Å². The van der Waals surface area contributed by atoms with Crippen LogP contribution in [-0.2, 0) is 11.2 Å². The first-order chi connectivity index (χ1) is 18.3. The zero-order chi connectivity index (χ0) is 26.6. The van der Waals surface area contributed by atoms with Gasteiger partial charge in [-0.2, -0.15) is 0 Å². The van der Waals surface area contributed by atoms with Gasteiger partial charge in [0.25, 0.3) is 0 Å². The fraction of sp³-hybridized carbons (Fsp3) is 0.103. The Morgan fingerprint density at radius 1 is 1.08 bits per heavy atom. The maximum Gasteiger partial charge on any atom is 0.307 e. The lowest BCUT2D eigenvalue weighted by molar-refractivity contribution is -0.136. The van der Waals surface area contributed by atoms with Crippen LogP contribution in [0.1, 0.15) is 29.7 Å². The molecule has 3 aromatic heterocycles. The topological polar surface area (TPSA) is 79.6 Å². The Kier molecular flexibility index (Phi) is 5.56. The second kappa shape index (κ2) is 8.95. The van der Waals surface area contributed by atoms with Gasteiger partial charge in [-0.15, -0.1) is 0 Å². The quantitative estimate of drug-likeness (QED) is 0.251. The first-order valence-corrected chi connectivity index (χ1v) is 11.8. The van der Waals surface area contributed by atoms with E-state index in [1.807, 2.05) is 23.6 Å². The van der Waals surface area contributed by atoms with Crippen LogP contribution in [0.25, 0.3) is 27.3 Å². The van der Waals surface area contributed by atoms with Crippen LogP contribution >= 0.6 is 0 Å². The molecule has 0 saturated carbocycles. The summed E-state index contributed by atoms with van der Waals surface area (Å²) < 4.78 is 52.2. The van der Waals surface area contributed by atoms with Gasteiger partial charge < -0.3 is 19.2 Å². The summed E-state index contributed by atoms with van der Waals surface area (Å²) in [6.07, 6.45) is 4.56. The summed E-state index contributed by atoms with van der Waals surface area (Å²) >= 11 is 0. The Hall–Kier alpha value is -4.79. The molecule has 0 spiro atoms. The highest BCUT2D eigenvalue weighted by molar-refractivity contribution is 5.95. The predicted molar refractivity (Wildman–Crippen MR) is 136 cm³/mol. The normalized spacial score (nSPS) is 12.4. The molecule has 190 valence electrons. The van der Waals surface area contributed by atoms with E-state index >= 15 is 4.39 Å². The highest BCUT2D eigenvalue weighted by Gasteiger charge is 2.21. The van der Waals surface area contributed by atoms with E-state index in [2.05, 4.69) is 9.97 Å². The third-order valence-corrected chi connectivity index (χ3v) is 6.78. The number of fused-ring (bicyclic) bond motifs is 4. The zero-order valence-corrected chi connectivity index (χ0v) is 20.0. The molecule has 6 rings (SSSR count). The van der Waals surface area contributed by atoms with Crippen molar-refractivity contribution >= 4 is 33.3 Å². The van der Waals surface area contributed by atoms with Gasteiger partial charge in [0.15, 0.2) is 17.4 Å². The van der Waals surface area contributed by atoms with Crippen molar-refractivity contribution in [3.63, 3.8) is 0 Å². The van der Waals surface area contributed by atoms with Crippen LogP contribution in [0.15, 0.2) is 73.2 Å². The number of halogens is 3. The van der Waals surface area contributed by atoms with Crippen LogP contribution in [0.4, 0.5) is 13.2 Å². The van der Waals surface area contributed by atoms with E-state index in [9.17, 15) is 13.6 Å². The van der Waals surface area contributed by atoms with E-state index in [-0.39, 0.29) is 16.7 Å². The molecule has 0 saturated heterocycles. The number of nitrogens with one attached hydrogen (secondary N) is 1. The number of carbonyl (C=O) groups is 1. The van der Waals surface area contributed by atoms with Gasteiger partial charge in [-0.05, 0) is 40.8 Å². The molecule has 0 aliphatic heterocycles. The first-order valence-electron chi connectivity index (χ1n) is 11.8. The molecule has 0 radical (unpaired) electrons. The molecule has 0 bridgehead atoms. The van der Waals surface area contributed by atoms with Crippen molar-refractivity contribution in [2.24, 2.45) is 0 Å². The van der Waals surface area contributed by atoms with Crippen LogP contribution in [0.3, 0.4) is 0 Å². The predicted octanol–water partition coefficient (Wildman–Crippen LogP) is 6.96. The molecule has 0 amide bonds. The van der Waals surface area contributed by atoms with Crippen molar-refractivity contribution in [1.29, 1.82) is 0 Å². The number of pyridine rings is 1. The summed E-state index contributed by atoms with van der Waals surface area (Å²) in [7, 11) is 0. The number of imidazole rings is 1. The van der Waals surface area contributed by atoms with Crippen molar-refractivity contribution in [2.75, 3.05) is 0 Å². The number of hydrogen-bond acceptors (Lipinski definition) is 3. The average molecular weight is 515 g/mol. The molecule has 1 atom stereocenters. The number of benzene rings is 3. The van der Waals surface area contributed by atoms with Gasteiger partial charge >= 0.3 is 5.97 Å². The molecular weight excluding hydrogens is 495 g/mol. The summed E-state index contributed by atoms with van der Waals surface area (Å²) in [6.45, 7) is 1.82. The number of rotatable bonds is 6. The minimum Gasteiger partial charge on any atom is -0.481 e. The van der Waals surface area contributed by atoms with Crippen molar-refractivity contribution < 1.29 is 27.8 Å². The Balaban J connectivity index is 1.41. The molecule has 3 heterocycles. The van der Waals surface area contributed by atoms with Gasteiger partial charge in [-0.3, -0.25) is 4.79 Å². The molecule has 38 heavy (non-hydrogen) atoms. The van der Waals surface area contributed by atoms with Gasteiger partial charge in [0.2, 0.25) is 0 Å². The van der Waals surface area contributed by atoms with Crippen LogP contribution in [0.5, 0.6) is 11.5 Å². The zero-order valence-electron chi connectivity index (χ0n) is 20.0. The smallest absolute Gasteiger partial charge is 0.307 e. The van der Waals surface area contributed by atoms with Gasteiger partial charge in [-0.1, -0.05) is 31.2 Å². The van der Waals surface area contributed by atoms with E-state index in [1.54, 1.807) is 36.5 Å². The number of H-pyrrole nitrogens is 1. The lowest BCUT2D eigenvalue weighted by Crippen LogP contribution is -2.08. The Bertz CT molecular complexity index is 1880. The van der Waals surface area contributed by atoms with Gasteiger partial charge in [-0.25, -0.2) is 18.2 Å². The van der Waals surface area contributed by atoms with E-state index in [1.165, 1.54) is 24.4 Å².